The highest BCUT2D eigenvalue weighted by Crippen LogP contribution is 2.40. The van der Waals surface area contributed by atoms with Gasteiger partial charge in [-0.05, 0) is 49.9 Å². The molecule has 7 heteroatoms. The van der Waals surface area contributed by atoms with E-state index in [2.05, 4.69) is 31.9 Å². The number of hydrogen-bond donors (Lipinski definition) is 0. The number of hydrogen-bond acceptors (Lipinski definition) is 1. The van der Waals surface area contributed by atoms with Gasteiger partial charge in [-0.25, -0.2) is 0 Å². The first-order valence-corrected chi connectivity index (χ1v) is 6.79. The highest BCUT2D eigenvalue weighted by atomic mass is 79.9. The van der Waals surface area contributed by atoms with E-state index in [4.69, 9.17) is 11.6 Å². The Morgan fingerprint density at radius 1 is 1.40 bits per heavy atom. The second-order valence-electron chi connectivity index (χ2n) is 2.90. The van der Waals surface area contributed by atoms with Crippen molar-refractivity contribution in [3.8, 4) is 0 Å². The van der Waals surface area contributed by atoms with Gasteiger partial charge in [-0.3, -0.25) is 0 Å². The fourth-order valence-electron chi connectivity index (χ4n) is 1.01. The van der Waals surface area contributed by atoms with Crippen molar-refractivity contribution in [1.82, 2.24) is 0 Å². The second-order valence-corrected chi connectivity index (χ2v) is 7.18. The minimum absolute atomic E-state index is 0.104. The molecule has 0 bridgehead atoms. The van der Waals surface area contributed by atoms with Gasteiger partial charge in [-0.2, -0.15) is 13.2 Å². The lowest BCUT2D eigenvalue weighted by molar-refractivity contribution is -0.135. The zero-order valence-corrected chi connectivity index (χ0v) is 12.0. The Hall–Kier alpha value is 0.740. The Kier molecular flexibility index (Phi) is 4.95. The van der Waals surface area contributed by atoms with Crippen LogP contribution >= 0.6 is 54.8 Å². The molecule has 86 valence electrons. The van der Waals surface area contributed by atoms with Gasteiger partial charge in [0.05, 0.1) is 12.9 Å². The van der Waals surface area contributed by atoms with E-state index in [9.17, 15) is 13.2 Å². The van der Waals surface area contributed by atoms with Gasteiger partial charge in [0, 0.05) is 6.42 Å². The van der Waals surface area contributed by atoms with E-state index in [0.717, 1.165) is 7.57 Å². The lowest BCUT2D eigenvalue weighted by atomic mass is 10.1. The first-order chi connectivity index (χ1) is 6.79. The Bertz CT molecular complexity index is 337. The van der Waals surface area contributed by atoms with Crippen LogP contribution in [0.3, 0.4) is 0 Å². The van der Waals surface area contributed by atoms with E-state index >= 15 is 0 Å². The average molecular weight is 386 g/mol. The van der Waals surface area contributed by atoms with Gasteiger partial charge in [0.2, 0.25) is 0 Å². The van der Waals surface area contributed by atoms with Crippen molar-refractivity contribution in [2.45, 2.75) is 24.4 Å². The van der Waals surface area contributed by atoms with E-state index in [0.29, 0.717) is 5.56 Å². The van der Waals surface area contributed by atoms with E-state index in [1.807, 2.05) is 0 Å². The summed E-state index contributed by atoms with van der Waals surface area (Å²) < 4.78 is 37.5. The molecule has 0 spiro atoms. The van der Waals surface area contributed by atoms with Crippen molar-refractivity contribution >= 4 is 54.8 Å². The third-order valence-corrected chi connectivity index (χ3v) is 4.54. The first-order valence-electron chi connectivity index (χ1n) is 3.95. The summed E-state index contributed by atoms with van der Waals surface area (Å²) in [7, 11) is 0. The van der Waals surface area contributed by atoms with Crippen LogP contribution in [0.4, 0.5) is 13.2 Å². The molecular formula is C8H6Br2ClF3S. The molecule has 1 rings (SSSR count). The molecule has 0 saturated carbocycles. The van der Waals surface area contributed by atoms with Crippen LogP contribution in [0.2, 0.25) is 0 Å². The summed E-state index contributed by atoms with van der Waals surface area (Å²) in [6.45, 7) is 0. The number of rotatable bonds is 3. The molecule has 0 aromatic carbocycles. The molecule has 0 N–H and O–H groups in total. The molecule has 0 aliphatic heterocycles. The Labute approximate surface area is 111 Å². The van der Waals surface area contributed by atoms with Crippen molar-refractivity contribution < 1.29 is 13.2 Å². The molecule has 1 aromatic heterocycles. The average Bonchev–Trinajstić information content (AvgIpc) is 2.40. The van der Waals surface area contributed by atoms with Gasteiger partial charge >= 0.3 is 6.18 Å². The molecule has 1 unspecified atom stereocenters. The van der Waals surface area contributed by atoms with E-state index in [1.54, 1.807) is 6.07 Å². The zero-order chi connectivity index (χ0) is 11.6. The van der Waals surface area contributed by atoms with E-state index in [1.165, 1.54) is 11.3 Å². The summed E-state index contributed by atoms with van der Waals surface area (Å²) in [5, 5.41) is -0.608. The summed E-state index contributed by atoms with van der Waals surface area (Å²) in [6.07, 6.45) is -5.11. The first kappa shape index (κ1) is 13.8. The smallest absolute Gasteiger partial charge is 0.171 e. The summed E-state index contributed by atoms with van der Waals surface area (Å²) in [5.41, 5.74) is 0.706. The van der Waals surface area contributed by atoms with Gasteiger partial charge in [0.25, 0.3) is 0 Å². The van der Waals surface area contributed by atoms with Crippen LogP contribution in [0.15, 0.2) is 13.6 Å². The normalized spacial score (nSPS) is 14.3. The Balaban J connectivity index is 2.61. The topological polar surface area (TPSA) is 0 Å². The maximum Gasteiger partial charge on any atom is 0.389 e. The predicted molar refractivity (Wildman–Crippen MR) is 63.6 cm³/mol. The third kappa shape index (κ3) is 4.63. The van der Waals surface area contributed by atoms with Crippen molar-refractivity contribution in [1.29, 1.82) is 0 Å². The van der Waals surface area contributed by atoms with Gasteiger partial charge in [-0.15, -0.1) is 22.9 Å². The molecule has 1 heterocycles. The summed E-state index contributed by atoms with van der Waals surface area (Å²) in [5.74, 6) is 0. The van der Waals surface area contributed by atoms with Crippen LogP contribution in [0.1, 0.15) is 23.8 Å². The molecule has 1 aromatic rings. The molecule has 0 nitrogen and oxygen atoms in total. The molecule has 0 aliphatic rings. The standard InChI is InChI=1S/C8H6Br2ClF3S/c9-6-3-4(7(10)15-6)5(11)1-2-8(12,13)14/h3,5H,1-2H2. The molecular weight excluding hydrogens is 380 g/mol. The van der Waals surface area contributed by atoms with E-state index in [-0.39, 0.29) is 6.42 Å². The molecule has 0 fully saturated rings. The van der Waals surface area contributed by atoms with Crippen LogP contribution in [0, 0.1) is 0 Å². The van der Waals surface area contributed by atoms with Crippen molar-refractivity contribution in [2.75, 3.05) is 0 Å². The highest BCUT2D eigenvalue weighted by Gasteiger charge is 2.29. The van der Waals surface area contributed by atoms with Crippen LogP contribution < -0.4 is 0 Å². The maximum atomic E-state index is 12.0. The minimum Gasteiger partial charge on any atom is -0.171 e. The van der Waals surface area contributed by atoms with Gasteiger partial charge in [0.15, 0.2) is 0 Å². The van der Waals surface area contributed by atoms with Crippen molar-refractivity contribution in [3.05, 3.63) is 19.2 Å². The molecule has 15 heavy (non-hydrogen) atoms. The van der Waals surface area contributed by atoms with Crippen LogP contribution in [0.5, 0.6) is 0 Å². The quantitative estimate of drug-likeness (QED) is 0.568. The van der Waals surface area contributed by atoms with Gasteiger partial charge < -0.3 is 0 Å². The van der Waals surface area contributed by atoms with E-state index < -0.39 is 18.0 Å². The number of alkyl halides is 4. The van der Waals surface area contributed by atoms with Crippen LogP contribution in [-0.4, -0.2) is 6.18 Å². The number of halogens is 6. The minimum atomic E-state index is -4.15. The van der Waals surface area contributed by atoms with Gasteiger partial charge in [0.1, 0.15) is 0 Å². The molecule has 1 atom stereocenters. The lowest BCUT2D eigenvalue weighted by Gasteiger charge is -2.10. The number of thiophene rings is 1. The fourth-order valence-corrected chi connectivity index (χ4v) is 4.46. The van der Waals surface area contributed by atoms with Crippen molar-refractivity contribution in [2.24, 2.45) is 0 Å². The predicted octanol–water partition coefficient (Wildman–Crippen LogP) is 5.90. The summed E-state index contributed by atoms with van der Waals surface area (Å²) >= 11 is 13.8. The van der Waals surface area contributed by atoms with Crippen molar-refractivity contribution in [3.63, 3.8) is 0 Å². The largest absolute Gasteiger partial charge is 0.389 e. The molecule has 0 saturated heterocycles. The van der Waals surface area contributed by atoms with Gasteiger partial charge in [-0.1, -0.05) is 0 Å². The monoisotopic (exact) mass is 384 g/mol. The van der Waals surface area contributed by atoms with Crippen LogP contribution in [-0.2, 0) is 0 Å². The molecule has 0 radical (unpaired) electrons. The second kappa shape index (κ2) is 5.38. The lowest BCUT2D eigenvalue weighted by Crippen LogP contribution is -2.08. The highest BCUT2D eigenvalue weighted by molar-refractivity contribution is 9.12. The SMILES string of the molecule is FC(F)(F)CCC(Cl)c1cc(Br)sc1Br. The maximum absolute atomic E-state index is 12.0. The summed E-state index contributed by atoms with van der Waals surface area (Å²) in [4.78, 5) is 0. The zero-order valence-electron chi connectivity index (χ0n) is 7.24. The molecule has 0 amide bonds. The Morgan fingerprint density at radius 2 is 2.00 bits per heavy atom. The summed E-state index contributed by atoms with van der Waals surface area (Å²) in [6, 6.07) is 1.74. The third-order valence-electron chi connectivity index (χ3n) is 1.70. The molecule has 0 aliphatic carbocycles. The fraction of sp³-hybridized carbons (Fsp3) is 0.500. The Morgan fingerprint density at radius 3 is 2.40 bits per heavy atom. The van der Waals surface area contributed by atoms with Crippen LogP contribution in [0.25, 0.3) is 0 Å².